The molecule has 0 saturated carbocycles. The van der Waals surface area contributed by atoms with E-state index in [4.69, 9.17) is 4.74 Å². The first-order valence-electron chi connectivity index (χ1n) is 12.7. The van der Waals surface area contributed by atoms with E-state index in [0.29, 0.717) is 29.1 Å². The van der Waals surface area contributed by atoms with Gasteiger partial charge in [-0.2, -0.15) is 0 Å². The molecule has 0 unspecified atom stereocenters. The van der Waals surface area contributed by atoms with Crippen molar-refractivity contribution < 1.29 is 18.8 Å². The number of rotatable bonds is 6. The Bertz CT molecular complexity index is 1560. The zero-order valence-electron chi connectivity index (χ0n) is 21.2. The fraction of sp³-hybridized carbons (Fsp3) is 0.194. The van der Waals surface area contributed by atoms with E-state index < -0.39 is 34.3 Å². The van der Waals surface area contributed by atoms with Gasteiger partial charge in [0.05, 0.1) is 19.6 Å². The molecule has 0 aliphatic carbocycles. The van der Waals surface area contributed by atoms with Crippen LogP contribution in [-0.2, 0) is 16.9 Å². The van der Waals surface area contributed by atoms with Crippen LogP contribution in [0.15, 0.2) is 103 Å². The molecule has 1 N–H and O–H groups in total. The Labute approximate surface area is 225 Å². The van der Waals surface area contributed by atoms with E-state index in [9.17, 15) is 14.9 Å². The number of anilines is 1. The first-order chi connectivity index (χ1) is 19.0. The van der Waals surface area contributed by atoms with Gasteiger partial charge in [0, 0.05) is 21.7 Å². The molecule has 2 heterocycles. The summed E-state index contributed by atoms with van der Waals surface area (Å²) in [5.41, 5.74) is 1.42. The lowest BCUT2D eigenvalue weighted by atomic mass is 9.74. The molecular formula is C31H26FN3O4. The second kappa shape index (κ2) is 9.63. The maximum atomic E-state index is 15.2. The molecule has 0 aromatic heterocycles. The third-order valence-electron chi connectivity index (χ3n) is 7.86. The number of nitrogens with zero attached hydrogens (tertiary/aromatic N) is 2. The summed E-state index contributed by atoms with van der Waals surface area (Å²) < 4.78 is 20.6. The minimum Gasteiger partial charge on any atom is -0.497 e. The van der Waals surface area contributed by atoms with Crippen LogP contribution in [0.1, 0.15) is 34.2 Å². The van der Waals surface area contributed by atoms with Crippen molar-refractivity contribution in [3.63, 3.8) is 0 Å². The van der Waals surface area contributed by atoms with Gasteiger partial charge in [0.2, 0.25) is 6.04 Å². The van der Waals surface area contributed by atoms with Crippen molar-refractivity contribution in [3.8, 4) is 5.75 Å². The second-order valence-electron chi connectivity index (χ2n) is 9.88. The monoisotopic (exact) mass is 523 g/mol. The second-order valence-corrected chi connectivity index (χ2v) is 9.88. The first-order valence-corrected chi connectivity index (χ1v) is 12.7. The molecule has 8 heteroatoms. The summed E-state index contributed by atoms with van der Waals surface area (Å²) in [5, 5.41) is 16.2. The van der Waals surface area contributed by atoms with E-state index in [2.05, 4.69) is 5.32 Å². The van der Waals surface area contributed by atoms with E-state index in [1.807, 2.05) is 54.6 Å². The molecule has 0 bridgehead atoms. The maximum Gasteiger partial charge on any atom is 0.253 e. The van der Waals surface area contributed by atoms with Gasteiger partial charge in [-0.1, -0.05) is 78.9 Å². The maximum absolute atomic E-state index is 15.2. The standard InChI is InChI=1S/C31H26FN3O4/c1-39-22-13-9-12-21(18-22)27-29(35(37)38)28(23-14-5-7-16-25(23)32)33-31(27)24-15-6-8-17-26(24)34(30(31)36)19-20-10-3-2-4-11-20/h2-18,27-29,33H,19H2,1H3/t27-,28-,29-,31-/m0/s1. The van der Waals surface area contributed by atoms with Crippen molar-refractivity contribution in [2.75, 3.05) is 12.0 Å². The van der Waals surface area contributed by atoms with Crippen LogP contribution in [-0.4, -0.2) is 24.0 Å². The van der Waals surface area contributed by atoms with Crippen molar-refractivity contribution in [1.82, 2.24) is 5.32 Å². The highest BCUT2D eigenvalue weighted by Crippen LogP contribution is 2.57. The minimum atomic E-state index is -1.51. The molecule has 2 aliphatic heterocycles. The molecule has 4 atom stereocenters. The molecule has 196 valence electrons. The Balaban J connectivity index is 1.60. The number of carbonyl (C=O) groups excluding carboxylic acids is 1. The van der Waals surface area contributed by atoms with Crippen LogP contribution in [0.25, 0.3) is 0 Å². The van der Waals surface area contributed by atoms with Gasteiger partial charge in [0.1, 0.15) is 23.1 Å². The molecule has 39 heavy (non-hydrogen) atoms. The Morgan fingerprint density at radius 3 is 2.44 bits per heavy atom. The van der Waals surface area contributed by atoms with Crippen LogP contribution < -0.4 is 15.0 Å². The Morgan fingerprint density at radius 1 is 0.974 bits per heavy atom. The minimum absolute atomic E-state index is 0.149. The summed E-state index contributed by atoms with van der Waals surface area (Å²) in [6.07, 6.45) is 0. The highest BCUT2D eigenvalue weighted by Gasteiger charge is 2.68. The smallest absolute Gasteiger partial charge is 0.253 e. The summed E-state index contributed by atoms with van der Waals surface area (Å²) in [6.45, 7) is 0.290. The predicted molar refractivity (Wildman–Crippen MR) is 145 cm³/mol. The number of benzene rings is 4. The number of fused-ring (bicyclic) bond motifs is 2. The van der Waals surface area contributed by atoms with Crippen molar-refractivity contribution in [2.45, 2.75) is 30.1 Å². The number of para-hydroxylation sites is 1. The van der Waals surface area contributed by atoms with Crippen LogP contribution in [0.4, 0.5) is 10.1 Å². The van der Waals surface area contributed by atoms with Crippen molar-refractivity contribution >= 4 is 11.6 Å². The van der Waals surface area contributed by atoms with Gasteiger partial charge in [0.15, 0.2) is 0 Å². The first kappa shape index (κ1) is 24.8. The fourth-order valence-electron chi connectivity index (χ4n) is 6.23. The number of amides is 1. The molecular weight excluding hydrogens is 497 g/mol. The molecule has 2 aliphatic rings. The molecule has 4 aromatic rings. The number of nitro groups is 1. The van der Waals surface area contributed by atoms with E-state index in [0.717, 1.165) is 5.56 Å². The van der Waals surface area contributed by atoms with Gasteiger partial charge < -0.3 is 9.64 Å². The SMILES string of the molecule is COc1cccc([C@H]2[C@H]([N+](=O)[O-])[C@H](c3ccccc3F)N[C@]23C(=O)N(Cc2ccccc2)c2ccccc23)c1. The highest BCUT2D eigenvalue weighted by molar-refractivity contribution is 6.09. The number of halogens is 1. The summed E-state index contributed by atoms with van der Waals surface area (Å²) >= 11 is 0. The summed E-state index contributed by atoms with van der Waals surface area (Å²) in [7, 11) is 1.52. The van der Waals surface area contributed by atoms with Crippen LogP contribution in [0.2, 0.25) is 0 Å². The molecule has 4 aromatic carbocycles. The van der Waals surface area contributed by atoms with Crippen LogP contribution in [0.5, 0.6) is 5.75 Å². The normalized spacial score (nSPS) is 23.7. The van der Waals surface area contributed by atoms with Crippen LogP contribution in [0, 0.1) is 15.9 Å². The quantitative estimate of drug-likeness (QED) is 0.272. The molecule has 1 fully saturated rings. The fourth-order valence-corrected chi connectivity index (χ4v) is 6.23. The summed E-state index contributed by atoms with van der Waals surface area (Å²) in [6, 6.07) is 27.5. The Hall–Kier alpha value is -4.56. The van der Waals surface area contributed by atoms with Gasteiger partial charge in [-0.05, 0) is 35.4 Å². The zero-order chi connectivity index (χ0) is 27.1. The molecule has 6 rings (SSSR count). The number of methoxy groups -OCH3 is 1. The van der Waals surface area contributed by atoms with Crippen molar-refractivity contribution in [1.29, 1.82) is 0 Å². The van der Waals surface area contributed by atoms with E-state index in [1.54, 1.807) is 41.3 Å². The van der Waals surface area contributed by atoms with Crippen LogP contribution in [0.3, 0.4) is 0 Å². The lowest BCUT2D eigenvalue weighted by Crippen LogP contribution is -2.50. The lowest BCUT2D eigenvalue weighted by Gasteiger charge is -2.31. The number of carbonyl (C=O) groups is 1. The molecule has 1 amide bonds. The average Bonchev–Trinajstić information content (AvgIpc) is 3.44. The van der Waals surface area contributed by atoms with Gasteiger partial charge in [-0.15, -0.1) is 0 Å². The van der Waals surface area contributed by atoms with E-state index >= 15 is 4.39 Å². The third-order valence-corrected chi connectivity index (χ3v) is 7.86. The van der Waals surface area contributed by atoms with Crippen molar-refractivity contribution in [2.24, 2.45) is 0 Å². The van der Waals surface area contributed by atoms with Crippen LogP contribution >= 0.6 is 0 Å². The van der Waals surface area contributed by atoms with Gasteiger partial charge >= 0.3 is 0 Å². The number of ether oxygens (including phenoxy) is 1. The number of hydrogen-bond acceptors (Lipinski definition) is 5. The Kier molecular flexibility index (Phi) is 6.12. The summed E-state index contributed by atoms with van der Waals surface area (Å²) in [5.74, 6) is -1.32. The summed E-state index contributed by atoms with van der Waals surface area (Å²) in [4.78, 5) is 28.8. The lowest BCUT2D eigenvalue weighted by molar-refractivity contribution is -0.528. The van der Waals surface area contributed by atoms with Crippen molar-refractivity contribution in [3.05, 3.63) is 141 Å². The van der Waals surface area contributed by atoms with Gasteiger partial charge in [0.25, 0.3) is 5.91 Å². The molecule has 1 spiro atoms. The zero-order valence-corrected chi connectivity index (χ0v) is 21.2. The number of nitrogens with one attached hydrogen (secondary N) is 1. The van der Waals surface area contributed by atoms with E-state index in [-0.39, 0.29) is 11.5 Å². The third kappa shape index (κ3) is 3.87. The van der Waals surface area contributed by atoms with Gasteiger partial charge in [-0.3, -0.25) is 20.2 Å². The molecule has 0 radical (unpaired) electrons. The predicted octanol–water partition coefficient (Wildman–Crippen LogP) is 5.35. The Morgan fingerprint density at radius 2 is 1.69 bits per heavy atom. The largest absolute Gasteiger partial charge is 0.497 e. The molecule has 1 saturated heterocycles. The topological polar surface area (TPSA) is 84.7 Å². The van der Waals surface area contributed by atoms with E-state index in [1.165, 1.54) is 19.2 Å². The molecule has 7 nitrogen and oxygen atoms in total. The highest BCUT2D eigenvalue weighted by atomic mass is 19.1. The number of hydrogen-bond donors (Lipinski definition) is 1. The van der Waals surface area contributed by atoms with Gasteiger partial charge in [-0.25, -0.2) is 4.39 Å². The average molecular weight is 524 g/mol.